The van der Waals surface area contributed by atoms with E-state index in [-0.39, 0.29) is 0 Å². The van der Waals surface area contributed by atoms with Gasteiger partial charge in [-0.1, -0.05) is 45.4 Å². The van der Waals surface area contributed by atoms with Crippen LogP contribution in [0.3, 0.4) is 0 Å². The summed E-state index contributed by atoms with van der Waals surface area (Å²) in [7, 11) is 0. The molecule has 0 spiro atoms. The summed E-state index contributed by atoms with van der Waals surface area (Å²) in [5.74, 6) is 2.80. The second kappa shape index (κ2) is 7.57. The molecule has 1 heterocycles. The summed E-state index contributed by atoms with van der Waals surface area (Å²) in [5, 5.41) is 3.30. The van der Waals surface area contributed by atoms with Crippen LogP contribution in [0.25, 0.3) is 0 Å². The molecule has 0 aliphatic heterocycles. The third kappa shape index (κ3) is 4.45. The lowest BCUT2D eigenvalue weighted by Crippen LogP contribution is -2.16. The van der Waals surface area contributed by atoms with Gasteiger partial charge in [0.2, 0.25) is 0 Å². The SMILES string of the molecule is CCNCCc1ncc(CC2CCCCCC2)o1. The van der Waals surface area contributed by atoms with Crippen LogP contribution in [0, 0.1) is 5.92 Å². The van der Waals surface area contributed by atoms with E-state index in [1.54, 1.807) is 0 Å². The van der Waals surface area contributed by atoms with Crippen molar-refractivity contribution in [2.45, 2.75) is 58.3 Å². The van der Waals surface area contributed by atoms with E-state index in [4.69, 9.17) is 4.42 Å². The summed E-state index contributed by atoms with van der Waals surface area (Å²) in [6.45, 7) is 4.09. The molecule has 0 bridgehead atoms. The summed E-state index contributed by atoms with van der Waals surface area (Å²) < 4.78 is 5.82. The number of oxazole rings is 1. The lowest BCUT2D eigenvalue weighted by atomic mass is 9.96. The van der Waals surface area contributed by atoms with Crippen LogP contribution in [-0.2, 0) is 12.8 Å². The van der Waals surface area contributed by atoms with Gasteiger partial charge in [0.05, 0.1) is 6.20 Å². The molecule has 0 saturated heterocycles. The van der Waals surface area contributed by atoms with Gasteiger partial charge in [0.25, 0.3) is 0 Å². The van der Waals surface area contributed by atoms with Crippen molar-refractivity contribution < 1.29 is 4.42 Å². The van der Waals surface area contributed by atoms with Gasteiger partial charge in [0.15, 0.2) is 5.89 Å². The van der Waals surface area contributed by atoms with Crippen LogP contribution in [0.4, 0.5) is 0 Å². The lowest BCUT2D eigenvalue weighted by Gasteiger charge is -2.11. The van der Waals surface area contributed by atoms with Crippen molar-refractivity contribution in [3.63, 3.8) is 0 Å². The van der Waals surface area contributed by atoms with Gasteiger partial charge >= 0.3 is 0 Å². The molecule has 3 heteroatoms. The molecule has 3 nitrogen and oxygen atoms in total. The number of hydrogen-bond donors (Lipinski definition) is 1. The van der Waals surface area contributed by atoms with Gasteiger partial charge in [-0.15, -0.1) is 0 Å². The maximum atomic E-state index is 5.82. The third-order valence-electron chi connectivity index (χ3n) is 3.83. The Bertz CT molecular complexity index is 327. The Morgan fingerprint density at radius 1 is 1.28 bits per heavy atom. The van der Waals surface area contributed by atoms with E-state index in [0.717, 1.165) is 43.5 Å². The van der Waals surface area contributed by atoms with E-state index in [9.17, 15) is 0 Å². The first kappa shape index (κ1) is 13.6. The highest BCUT2D eigenvalue weighted by Gasteiger charge is 2.15. The number of hydrogen-bond acceptors (Lipinski definition) is 3. The molecule has 1 aliphatic rings. The number of aromatic nitrogens is 1. The quantitative estimate of drug-likeness (QED) is 0.621. The molecule has 0 atom stereocenters. The molecular weight excluding hydrogens is 224 g/mol. The Kier molecular flexibility index (Phi) is 5.72. The van der Waals surface area contributed by atoms with E-state index < -0.39 is 0 Å². The van der Waals surface area contributed by atoms with Crippen LogP contribution in [0.2, 0.25) is 0 Å². The normalized spacial score (nSPS) is 17.8. The van der Waals surface area contributed by atoms with E-state index in [2.05, 4.69) is 17.2 Å². The van der Waals surface area contributed by atoms with Crippen molar-refractivity contribution in [1.29, 1.82) is 0 Å². The van der Waals surface area contributed by atoms with Crippen molar-refractivity contribution in [3.05, 3.63) is 17.8 Å². The van der Waals surface area contributed by atoms with Crippen LogP contribution in [0.1, 0.15) is 57.1 Å². The van der Waals surface area contributed by atoms with Gasteiger partial charge in [-0.2, -0.15) is 0 Å². The Morgan fingerprint density at radius 2 is 2.06 bits per heavy atom. The highest BCUT2D eigenvalue weighted by molar-refractivity contribution is 4.96. The minimum atomic E-state index is 0.821. The molecule has 0 unspecified atom stereocenters. The second-order valence-corrected chi connectivity index (χ2v) is 5.39. The molecule has 1 saturated carbocycles. The molecule has 18 heavy (non-hydrogen) atoms. The number of nitrogens with zero attached hydrogens (tertiary/aromatic N) is 1. The summed E-state index contributed by atoms with van der Waals surface area (Å²) in [6.07, 6.45) is 12.3. The first-order valence-electron chi connectivity index (χ1n) is 7.52. The molecule has 1 aromatic rings. The highest BCUT2D eigenvalue weighted by Crippen LogP contribution is 2.26. The van der Waals surface area contributed by atoms with Crippen molar-refractivity contribution in [2.75, 3.05) is 13.1 Å². The zero-order chi connectivity index (χ0) is 12.6. The largest absolute Gasteiger partial charge is 0.446 e. The second-order valence-electron chi connectivity index (χ2n) is 5.39. The van der Waals surface area contributed by atoms with Crippen molar-refractivity contribution in [2.24, 2.45) is 5.92 Å². The smallest absolute Gasteiger partial charge is 0.195 e. The number of likely N-dealkylation sites (N-methyl/N-ethyl adjacent to an activating group) is 1. The fourth-order valence-corrected chi connectivity index (χ4v) is 2.78. The Labute approximate surface area is 110 Å². The van der Waals surface area contributed by atoms with Gasteiger partial charge in [0.1, 0.15) is 5.76 Å². The lowest BCUT2D eigenvalue weighted by molar-refractivity contribution is 0.385. The molecule has 1 fully saturated rings. The van der Waals surface area contributed by atoms with Gasteiger partial charge in [0, 0.05) is 19.4 Å². The zero-order valence-corrected chi connectivity index (χ0v) is 11.6. The van der Waals surface area contributed by atoms with E-state index >= 15 is 0 Å². The van der Waals surface area contributed by atoms with Gasteiger partial charge in [-0.05, 0) is 12.5 Å². The van der Waals surface area contributed by atoms with E-state index in [0.29, 0.717) is 0 Å². The minimum Gasteiger partial charge on any atom is -0.446 e. The van der Waals surface area contributed by atoms with E-state index in [1.165, 1.54) is 38.5 Å². The molecule has 0 radical (unpaired) electrons. The number of nitrogens with one attached hydrogen (secondary N) is 1. The van der Waals surface area contributed by atoms with Crippen LogP contribution < -0.4 is 5.32 Å². The topological polar surface area (TPSA) is 38.1 Å². The van der Waals surface area contributed by atoms with E-state index in [1.807, 2.05) is 6.20 Å². The van der Waals surface area contributed by atoms with Crippen LogP contribution in [-0.4, -0.2) is 18.1 Å². The fourth-order valence-electron chi connectivity index (χ4n) is 2.78. The Hall–Kier alpha value is -0.830. The predicted octanol–water partition coefficient (Wildman–Crippen LogP) is 3.34. The molecular formula is C15H26N2O. The molecule has 0 amide bonds. The maximum Gasteiger partial charge on any atom is 0.195 e. The first-order valence-corrected chi connectivity index (χ1v) is 7.52. The van der Waals surface area contributed by atoms with Gasteiger partial charge in [-0.25, -0.2) is 4.98 Å². The summed E-state index contributed by atoms with van der Waals surface area (Å²) in [5.41, 5.74) is 0. The molecule has 1 aromatic heterocycles. The minimum absolute atomic E-state index is 0.821. The number of rotatable bonds is 6. The fraction of sp³-hybridized carbons (Fsp3) is 0.800. The molecule has 0 aromatic carbocycles. The predicted molar refractivity (Wildman–Crippen MR) is 73.6 cm³/mol. The van der Waals surface area contributed by atoms with Crippen molar-refractivity contribution in [3.8, 4) is 0 Å². The van der Waals surface area contributed by atoms with Crippen molar-refractivity contribution in [1.82, 2.24) is 10.3 Å². The first-order chi connectivity index (χ1) is 8.88. The van der Waals surface area contributed by atoms with Crippen LogP contribution >= 0.6 is 0 Å². The molecule has 102 valence electrons. The Morgan fingerprint density at radius 3 is 2.78 bits per heavy atom. The Balaban J connectivity index is 1.78. The summed E-state index contributed by atoms with van der Waals surface area (Å²) >= 11 is 0. The third-order valence-corrected chi connectivity index (χ3v) is 3.83. The van der Waals surface area contributed by atoms with Gasteiger partial charge < -0.3 is 9.73 Å². The summed E-state index contributed by atoms with van der Waals surface area (Å²) in [4.78, 5) is 4.37. The monoisotopic (exact) mass is 250 g/mol. The average Bonchev–Trinajstić information content (AvgIpc) is 2.65. The van der Waals surface area contributed by atoms with Gasteiger partial charge in [-0.3, -0.25) is 0 Å². The highest BCUT2D eigenvalue weighted by atomic mass is 16.4. The molecule has 1 N–H and O–H groups in total. The zero-order valence-electron chi connectivity index (χ0n) is 11.6. The van der Waals surface area contributed by atoms with Crippen LogP contribution in [0.5, 0.6) is 0 Å². The van der Waals surface area contributed by atoms with Crippen LogP contribution in [0.15, 0.2) is 10.6 Å². The standard InChI is InChI=1S/C15H26N2O/c1-2-16-10-9-15-17-12-14(18-15)11-13-7-5-3-4-6-8-13/h12-13,16H,2-11H2,1H3. The molecule has 1 aliphatic carbocycles. The average molecular weight is 250 g/mol. The maximum absolute atomic E-state index is 5.82. The summed E-state index contributed by atoms with van der Waals surface area (Å²) in [6, 6.07) is 0. The van der Waals surface area contributed by atoms with Crippen molar-refractivity contribution >= 4 is 0 Å². The molecule has 2 rings (SSSR count).